The van der Waals surface area contributed by atoms with Gasteiger partial charge in [0.05, 0.1) is 5.92 Å². The summed E-state index contributed by atoms with van der Waals surface area (Å²) in [5, 5.41) is 0. The zero-order valence-electron chi connectivity index (χ0n) is 22.5. The number of ketones is 1. The molecule has 1 aliphatic rings. The van der Waals surface area contributed by atoms with Gasteiger partial charge in [-0.2, -0.15) is 0 Å². The second kappa shape index (κ2) is 14.0. The fourth-order valence-corrected chi connectivity index (χ4v) is 5.03. The van der Waals surface area contributed by atoms with Crippen LogP contribution in [0.25, 0.3) is 6.08 Å². The minimum absolute atomic E-state index is 0.252. The van der Waals surface area contributed by atoms with Crippen molar-refractivity contribution in [1.29, 1.82) is 0 Å². The Labute approximate surface area is 224 Å². The molecule has 1 unspecified atom stereocenters. The van der Waals surface area contributed by atoms with Gasteiger partial charge in [-0.05, 0) is 56.2 Å². The van der Waals surface area contributed by atoms with Crippen LogP contribution in [0.2, 0.25) is 0 Å². The molecule has 0 saturated carbocycles. The molecule has 0 radical (unpaired) electrons. The largest absolute Gasteiger partial charge is 0.350 e. The van der Waals surface area contributed by atoms with Gasteiger partial charge in [0.1, 0.15) is 11.2 Å². The molecule has 1 heterocycles. The number of allylic oxidation sites excluding steroid dienone is 1. The Morgan fingerprint density at radius 1 is 1.18 bits per heavy atom. The lowest BCUT2D eigenvalue weighted by atomic mass is 9.69. The Morgan fingerprint density at radius 2 is 1.95 bits per heavy atom. The average molecular weight is 522 g/mol. The number of nitrogens with two attached hydrogens (primary N) is 1. The van der Waals surface area contributed by atoms with Gasteiger partial charge in [0.2, 0.25) is 0 Å². The van der Waals surface area contributed by atoms with Gasteiger partial charge in [0, 0.05) is 13.0 Å². The monoisotopic (exact) mass is 521 g/mol. The number of benzene rings is 2. The smallest absolute Gasteiger partial charge is 0.252 e. The minimum atomic E-state index is -1.53. The van der Waals surface area contributed by atoms with Crippen LogP contribution < -0.4 is 16.7 Å². The van der Waals surface area contributed by atoms with E-state index >= 15 is 0 Å². The highest BCUT2D eigenvalue weighted by atomic mass is 16.8. The highest BCUT2D eigenvalue weighted by Gasteiger charge is 2.46. The third kappa shape index (κ3) is 6.95. The van der Waals surface area contributed by atoms with Gasteiger partial charge in [-0.1, -0.05) is 79.6 Å². The van der Waals surface area contributed by atoms with Gasteiger partial charge in [0.25, 0.3) is 11.8 Å². The first-order valence-corrected chi connectivity index (χ1v) is 13.2. The highest BCUT2D eigenvalue weighted by molar-refractivity contribution is 6.11. The summed E-state index contributed by atoms with van der Waals surface area (Å²) in [5.74, 6) is 3.52. The molecule has 3 atom stereocenters. The van der Waals surface area contributed by atoms with Crippen molar-refractivity contribution >= 4 is 23.7 Å². The molecule has 0 spiro atoms. The number of hydroxylamine groups is 1. The van der Waals surface area contributed by atoms with Crippen LogP contribution in [0.1, 0.15) is 80.5 Å². The third-order valence-corrected chi connectivity index (χ3v) is 7.01. The number of ether oxygens (including phenoxy) is 1. The molecular weight excluding hydrogens is 482 g/mol. The SMILES string of the molecule is CCC[C@@](C(C)=O)(C(=O)NN)c1ccc(C)cc1[C@H](C/C=C/c1ccccc1)C(=O)NOC1CCCCO1. The number of hydrogen-bond acceptors (Lipinski definition) is 6. The van der Waals surface area contributed by atoms with E-state index in [4.69, 9.17) is 15.4 Å². The normalized spacial score (nSPS) is 17.9. The Kier molecular flexibility index (Phi) is 10.8. The summed E-state index contributed by atoms with van der Waals surface area (Å²) in [5.41, 5.74) is 6.21. The first kappa shape index (κ1) is 29.2. The molecule has 1 fully saturated rings. The van der Waals surface area contributed by atoms with E-state index in [0.29, 0.717) is 37.0 Å². The van der Waals surface area contributed by atoms with Crippen LogP contribution in [0, 0.1) is 6.92 Å². The lowest BCUT2D eigenvalue weighted by molar-refractivity contribution is -0.201. The standard InChI is InChI=1S/C30H39N3O5/c1-4-18-30(22(3)34,29(36)32-31)26-17-16-21(2)20-25(26)24(14-10-13-23-11-6-5-7-12-23)28(35)33-38-27-15-8-9-19-37-27/h5-7,10-13,16-17,20,24,27H,4,8-9,14-15,18-19,31H2,1-3H3,(H,32,36)(H,33,35)/b13-10+/t24-,27?,30-/m0/s1. The molecule has 3 rings (SSSR count). The van der Waals surface area contributed by atoms with Crippen LogP contribution in [-0.2, 0) is 29.4 Å². The maximum atomic E-state index is 13.7. The van der Waals surface area contributed by atoms with Gasteiger partial charge in [-0.25, -0.2) is 16.2 Å². The van der Waals surface area contributed by atoms with Crippen LogP contribution in [-0.4, -0.2) is 30.5 Å². The van der Waals surface area contributed by atoms with E-state index in [-0.39, 0.29) is 18.1 Å². The fraction of sp³-hybridized carbons (Fsp3) is 0.433. The first-order valence-electron chi connectivity index (χ1n) is 13.2. The molecule has 0 aliphatic carbocycles. The molecule has 38 heavy (non-hydrogen) atoms. The van der Waals surface area contributed by atoms with Crippen LogP contribution in [0.4, 0.5) is 0 Å². The molecular formula is C30H39N3O5. The van der Waals surface area contributed by atoms with E-state index in [9.17, 15) is 14.4 Å². The lowest BCUT2D eigenvalue weighted by Crippen LogP contribution is -2.52. The van der Waals surface area contributed by atoms with Crippen molar-refractivity contribution < 1.29 is 24.0 Å². The van der Waals surface area contributed by atoms with Crippen molar-refractivity contribution in [2.45, 2.75) is 76.9 Å². The Bertz CT molecular complexity index is 1130. The van der Waals surface area contributed by atoms with E-state index in [1.165, 1.54) is 6.92 Å². The van der Waals surface area contributed by atoms with Gasteiger partial charge >= 0.3 is 0 Å². The second-order valence-electron chi connectivity index (χ2n) is 9.76. The van der Waals surface area contributed by atoms with Crippen molar-refractivity contribution in [2.24, 2.45) is 5.84 Å². The van der Waals surface area contributed by atoms with Crippen molar-refractivity contribution in [3.8, 4) is 0 Å². The topological polar surface area (TPSA) is 120 Å². The minimum Gasteiger partial charge on any atom is -0.350 e. The van der Waals surface area contributed by atoms with E-state index in [2.05, 4.69) is 10.9 Å². The number of carbonyl (C=O) groups is 3. The lowest BCUT2D eigenvalue weighted by Gasteiger charge is -2.33. The number of Topliss-reactive ketones (excluding diaryl/α,β-unsaturated/α-hetero) is 1. The number of carbonyl (C=O) groups excluding carboxylic acids is 3. The van der Waals surface area contributed by atoms with Crippen molar-refractivity contribution in [1.82, 2.24) is 10.9 Å². The van der Waals surface area contributed by atoms with Gasteiger partial charge in [-0.15, -0.1) is 0 Å². The predicted octanol–water partition coefficient (Wildman–Crippen LogP) is 4.37. The van der Waals surface area contributed by atoms with Crippen LogP contribution in [0.15, 0.2) is 54.6 Å². The summed E-state index contributed by atoms with van der Waals surface area (Å²) in [6, 6.07) is 15.2. The van der Waals surface area contributed by atoms with E-state index < -0.39 is 23.5 Å². The number of aryl methyl sites for hydroxylation is 1. The molecule has 2 amide bonds. The maximum Gasteiger partial charge on any atom is 0.252 e. The number of amides is 2. The number of rotatable bonds is 12. The quantitative estimate of drug-likeness (QED) is 0.165. The molecule has 8 nitrogen and oxygen atoms in total. The second-order valence-corrected chi connectivity index (χ2v) is 9.76. The molecule has 0 aromatic heterocycles. The van der Waals surface area contributed by atoms with Gasteiger partial charge in [0.15, 0.2) is 6.29 Å². The van der Waals surface area contributed by atoms with Gasteiger partial charge in [-0.3, -0.25) is 19.8 Å². The summed E-state index contributed by atoms with van der Waals surface area (Å²) in [6.07, 6.45) is 7.09. The van der Waals surface area contributed by atoms with Crippen molar-refractivity contribution in [2.75, 3.05) is 6.61 Å². The molecule has 2 aromatic rings. The van der Waals surface area contributed by atoms with Crippen molar-refractivity contribution in [3.05, 3.63) is 76.9 Å². The Morgan fingerprint density at radius 3 is 2.58 bits per heavy atom. The van der Waals surface area contributed by atoms with Gasteiger partial charge < -0.3 is 4.74 Å². The van der Waals surface area contributed by atoms with Crippen LogP contribution in [0.3, 0.4) is 0 Å². The number of nitrogens with one attached hydrogen (secondary N) is 2. The van der Waals surface area contributed by atoms with Crippen LogP contribution >= 0.6 is 0 Å². The summed E-state index contributed by atoms with van der Waals surface area (Å²) in [6.45, 7) is 5.79. The van der Waals surface area contributed by atoms with E-state index in [1.54, 1.807) is 6.07 Å². The van der Waals surface area contributed by atoms with E-state index in [1.807, 2.05) is 68.5 Å². The Hall–Kier alpha value is -3.33. The molecule has 8 heteroatoms. The molecule has 204 valence electrons. The summed E-state index contributed by atoms with van der Waals surface area (Å²) in [7, 11) is 0. The predicted molar refractivity (Wildman–Crippen MR) is 146 cm³/mol. The molecule has 2 aromatic carbocycles. The zero-order valence-corrected chi connectivity index (χ0v) is 22.5. The maximum absolute atomic E-state index is 13.7. The zero-order chi connectivity index (χ0) is 27.5. The highest BCUT2D eigenvalue weighted by Crippen LogP contribution is 2.38. The molecule has 1 aliphatic heterocycles. The molecule has 4 N–H and O–H groups in total. The molecule has 0 bridgehead atoms. The number of hydrogen-bond donors (Lipinski definition) is 3. The van der Waals surface area contributed by atoms with E-state index in [0.717, 1.165) is 24.0 Å². The third-order valence-electron chi connectivity index (χ3n) is 7.01. The number of hydrazine groups is 1. The fourth-order valence-electron chi connectivity index (χ4n) is 5.03. The summed E-state index contributed by atoms with van der Waals surface area (Å²) in [4.78, 5) is 45.6. The summed E-state index contributed by atoms with van der Waals surface area (Å²) >= 11 is 0. The van der Waals surface area contributed by atoms with Crippen molar-refractivity contribution in [3.63, 3.8) is 0 Å². The summed E-state index contributed by atoms with van der Waals surface area (Å²) < 4.78 is 5.60. The average Bonchev–Trinajstić information content (AvgIpc) is 2.93. The Balaban J connectivity index is 2.05. The van der Waals surface area contributed by atoms with Crippen LogP contribution in [0.5, 0.6) is 0 Å². The first-order chi connectivity index (χ1) is 18.3. The molecule has 1 saturated heterocycles.